The molecule has 2 unspecified atom stereocenters. The van der Waals surface area contributed by atoms with Gasteiger partial charge in [-0.05, 0) is 43.0 Å². The summed E-state index contributed by atoms with van der Waals surface area (Å²) >= 11 is 0. The molecule has 2 aliphatic heterocycles. The molecular weight excluding hydrogens is 319 g/mol. The van der Waals surface area contributed by atoms with Crippen LogP contribution in [0.3, 0.4) is 0 Å². The summed E-state index contributed by atoms with van der Waals surface area (Å²) in [6, 6.07) is 14.6. The number of carbonyl (C=O) groups excluding carboxylic acids is 1. The van der Waals surface area contributed by atoms with Crippen LogP contribution in [0.1, 0.15) is 36.4 Å². The van der Waals surface area contributed by atoms with E-state index in [0.717, 1.165) is 31.4 Å². The number of halogens is 1. The summed E-state index contributed by atoms with van der Waals surface area (Å²) in [4.78, 5) is 12.1. The fraction of sp³-hybridized carbons (Fsp3) is 0.350. The zero-order valence-corrected chi connectivity index (χ0v) is 13.9. The molecule has 5 heteroatoms. The summed E-state index contributed by atoms with van der Waals surface area (Å²) in [6.07, 6.45) is 2.67. The van der Waals surface area contributed by atoms with Crippen molar-refractivity contribution in [2.75, 3.05) is 6.54 Å². The average Bonchev–Trinajstić information content (AvgIpc) is 3.22. The Morgan fingerprint density at radius 1 is 1.12 bits per heavy atom. The number of rotatable bonds is 4. The van der Waals surface area contributed by atoms with E-state index in [9.17, 15) is 9.18 Å². The Bertz CT molecular complexity index is 778. The molecular formula is C20H21FN2O2. The third-order valence-electron chi connectivity index (χ3n) is 5.22. The summed E-state index contributed by atoms with van der Waals surface area (Å²) in [6.45, 7) is 0.957. The van der Waals surface area contributed by atoms with Crippen LogP contribution in [0.4, 0.5) is 4.39 Å². The second-order valence-corrected chi connectivity index (χ2v) is 6.77. The van der Waals surface area contributed by atoms with Gasteiger partial charge in [0.25, 0.3) is 0 Å². The van der Waals surface area contributed by atoms with Crippen LogP contribution in [0.25, 0.3) is 0 Å². The van der Waals surface area contributed by atoms with Gasteiger partial charge in [0.1, 0.15) is 23.7 Å². The van der Waals surface area contributed by atoms with Gasteiger partial charge in [0.2, 0.25) is 5.91 Å². The number of benzene rings is 2. The minimum absolute atomic E-state index is 0.125. The van der Waals surface area contributed by atoms with Crippen LogP contribution in [0.15, 0.2) is 48.5 Å². The van der Waals surface area contributed by atoms with Crippen LogP contribution < -0.4 is 15.4 Å². The van der Waals surface area contributed by atoms with Gasteiger partial charge in [0, 0.05) is 18.2 Å². The molecule has 130 valence electrons. The normalized spacial score (nSPS) is 25.3. The van der Waals surface area contributed by atoms with Gasteiger partial charge in [-0.25, -0.2) is 4.39 Å². The Morgan fingerprint density at radius 3 is 2.64 bits per heavy atom. The maximum absolute atomic E-state index is 13.6. The SMILES string of the molecule is O=C1NCCC12CCC(c1ccc(OCc3ccccc3F)cc1)N2. The van der Waals surface area contributed by atoms with Crippen molar-refractivity contribution in [1.29, 1.82) is 0 Å². The monoisotopic (exact) mass is 340 g/mol. The molecule has 0 saturated carbocycles. The minimum Gasteiger partial charge on any atom is -0.489 e. The maximum Gasteiger partial charge on any atom is 0.240 e. The highest BCUT2D eigenvalue weighted by Gasteiger charge is 2.47. The third kappa shape index (κ3) is 3.12. The zero-order chi connectivity index (χ0) is 17.3. The molecule has 1 amide bonds. The van der Waals surface area contributed by atoms with Gasteiger partial charge in [-0.3, -0.25) is 10.1 Å². The number of hydrogen-bond donors (Lipinski definition) is 2. The van der Waals surface area contributed by atoms with Crippen LogP contribution in [-0.4, -0.2) is 18.0 Å². The van der Waals surface area contributed by atoms with Crippen LogP contribution in [-0.2, 0) is 11.4 Å². The summed E-state index contributed by atoms with van der Waals surface area (Å²) < 4.78 is 19.3. The van der Waals surface area contributed by atoms with Gasteiger partial charge in [0.15, 0.2) is 0 Å². The molecule has 2 aromatic rings. The number of nitrogens with one attached hydrogen (secondary N) is 2. The molecule has 0 aliphatic carbocycles. The Balaban J connectivity index is 1.39. The highest BCUT2D eigenvalue weighted by Crippen LogP contribution is 2.37. The lowest BCUT2D eigenvalue weighted by Crippen LogP contribution is -2.47. The molecule has 2 saturated heterocycles. The fourth-order valence-electron chi connectivity index (χ4n) is 3.74. The van der Waals surface area contributed by atoms with Crippen LogP contribution >= 0.6 is 0 Å². The second kappa shape index (κ2) is 6.48. The predicted octanol–water partition coefficient (Wildman–Crippen LogP) is 3.09. The van der Waals surface area contributed by atoms with Crippen molar-refractivity contribution in [1.82, 2.24) is 10.6 Å². The standard InChI is InChI=1S/C20H21FN2O2/c21-17-4-2-1-3-15(17)13-25-16-7-5-14(6-8-16)18-9-10-20(23-18)11-12-22-19(20)24/h1-8,18,23H,9-13H2,(H,22,24). The molecule has 2 atom stereocenters. The van der Waals surface area contributed by atoms with Gasteiger partial charge in [0.05, 0.1) is 0 Å². The van der Waals surface area contributed by atoms with E-state index >= 15 is 0 Å². The highest BCUT2D eigenvalue weighted by molar-refractivity contribution is 5.88. The van der Waals surface area contributed by atoms with Crippen LogP contribution in [0.2, 0.25) is 0 Å². The number of ether oxygens (including phenoxy) is 1. The summed E-state index contributed by atoms with van der Waals surface area (Å²) in [5.41, 5.74) is 1.30. The van der Waals surface area contributed by atoms with Crippen molar-refractivity contribution in [3.05, 3.63) is 65.5 Å². The van der Waals surface area contributed by atoms with Crippen molar-refractivity contribution in [2.45, 2.75) is 37.5 Å². The Labute approximate surface area is 146 Å². The Kier molecular flexibility index (Phi) is 4.17. The first-order chi connectivity index (χ1) is 12.2. The first kappa shape index (κ1) is 16.1. The Hall–Kier alpha value is -2.40. The summed E-state index contributed by atoms with van der Waals surface area (Å²) in [7, 11) is 0. The van der Waals surface area contributed by atoms with Gasteiger partial charge < -0.3 is 10.1 Å². The second-order valence-electron chi connectivity index (χ2n) is 6.77. The molecule has 2 aromatic carbocycles. The zero-order valence-electron chi connectivity index (χ0n) is 13.9. The lowest BCUT2D eigenvalue weighted by Gasteiger charge is -2.22. The van der Waals surface area contributed by atoms with E-state index in [-0.39, 0.29) is 29.9 Å². The van der Waals surface area contributed by atoms with E-state index < -0.39 is 0 Å². The van der Waals surface area contributed by atoms with E-state index in [0.29, 0.717) is 11.3 Å². The van der Waals surface area contributed by atoms with Crippen molar-refractivity contribution in [2.24, 2.45) is 0 Å². The molecule has 4 rings (SSSR count). The van der Waals surface area contributed by atoms with Gasteiger partial charge in [-0.2, -0.15) is 0 Å². The molecule has 0 radical (unpaired) electrons. The quantitative estimate of drug-likeness (QED) is 0.899. The number of hydrogen-bond acceptors (Lipinski definition) is 3. The molecule has 2 heterocycles. The van der Waals surface area contributed by atoms with Crippen molar-refractivity contribution in [3.63, 3.8) is 0 Å². The maximum atomic E-state index is 13.6. The number of carbonyl (C=O) groups is 1. The summed E-state index contributed by atoms with van der Waals surface area (Å²) in [5, 5.41) is 6.43. The molecule has 2 fully saturated rings. The van der Waals surface area contributed by atoms with Crippen molar-refractivity contribution < 1.29 is 13.9 Å². The average molecular weight is 340 g/mol. The third-order valence-corrected chi connectivity index (χ3v) is 5.22. The topological polar surface area (TPSA) is 50.4 Å². The lowest BCUT2D eigenvalue weighted by molar-refractivity contribution is -0.124. The molecule has 25 heavy (non-hydrogen) atoms. The molecule has 2 aliphatic rings. The smallest absolute Gasteiger partial charge is 0.240 e. The molecule has 1 spiro atoms. The van der Waals surface area contributed by atoms with Gasteiger partial charge >= 0.3 is 0 Å². The molecule has 2 N–H and O–H groups in total. The Morgan fingerprint density at radius 2 is 1.92 bits per heavy atom. The number of amides is 1. The highest BCUT2D eigenvalue weighted by atomic mass is 19.1. The van der Waals surface area contributed by atoms with Gasteiger partial charge in [-0.15, -0.1) is 0 Å². The summed E-state index contributed by atoms with van der Waals surface area (Å²) in [5.74, 6) is 0.576. The fourth-order valence-corrected chi connectivity index (χ4v) is 3.74. The van der Waals surface area contributed by atoms with Crippen LogP contribution in [0.5, 0.6) is 5.75 Å². The van der Waals surface area contributed by atoms with Crippen molar-refractivity contribution in [3.8, 4) is 5.75 Å². The first-order valence-corrected chi connectivity index (χ1v) is 8.68. The van der Waals surface area contributed by atoms with E-state index in [2.05, 4.69) is 10.6 Å². The first-order valence-electron chi connectivity index (χ1n) is 8.68. The van der Waals surface area contributed by atoms with Crippen LogP contribution in [0, 0.1) is 5.82 Å². The van der Waals surface area contributed by atoms with E-state index in [4.69, 9.17) is 4.74 Å². The van der Waals surface area contributed by atoms with Crippen molar-refractivity contribution >= 4 is 5.91 Å². The molecule has 4 nitrogen and oxygen atoms in total. The minimum atomic E-state index is -0.384. The van der Waals surface area contributed by atoms with Gasteiger partial charge in [-0.1, -0.05) is 30.3 Å². The molecule has 0 bridgehead atoms. The predicted molar refractivity (Wildman–Crippen MR) is 92.6 cm³/mol. The van der Waals surface area contributed by atoms with E-state index in [1.165, 1.54) is 6.07 Å². The van der Waals surface area contributed by atoms with E-state index in [1.807, 2.05) is 24.3 Å². The van der Waals surface area contributed by atoms with E-state index in [1.54, 1.807) is 18.2 Å². The molecule has 0 aromatic heterocycles. The largest absolute Gasteiger partial charge is 0.489 e. The lowest BCUT2D eigenvalue weighted by atomic mass is 9.96.